The SMILES string of the molecule is CC[C@H]1OC(=O)C(C)[C@@H](OC2CC(C)(OC)[C@@H](O)C(C)O2)[C@H](C)[C@@H](O[C@@H]2OC(C)CC(N(C)C)[C@H]2O)C(C)(OC)C[C@@H](C)C(=O)C(C)C2C(SCCn3cnc4c(N)ncc(C(=O)Nc5c(Cl)cncc5Cl)c43)C(=O)O[C@@]21C. The van der Waals surface area contributed by atoms with E-state index in [0.29, 0.717) is 11.9 Å². The van der Waals surface area contributed by atoms with Gasteiger partial charge in [-0.2, -0.15) is 0 Å². The van der Waals surface area contributed by atoms with Gasteiger partial charge in [0, 0.05) is 81.2 Å². The third-order valence-corrected chi connectivity index (χ3v) is 18.7. The molecule has 0 aliphatic carbocycles. The predicted octanol–water partition coefficient (Wildman–Crippen LogP) is 6.34. The van der Waals surface area contributed by atoms with E-state index in [2.05, 4.69) is 20.3 Å². The number of aryl methyl sites for hydroxylation is 1. The summed E-state index contributed by atoms with van der Waals surface area (Å²) in [4.78, 5) is 73.4. The average Bonchev–Trinajstić information content (AvgIpc) is 3.93. The lowest BCUT2D eigenvalue weighted by atomic mass is 9.70. The van der Waals surface area contributed by atoms with Crippen LogP contribution in [-0.2, 0) is 58.8 Å². The summed E-state index contributed by atoms with van der Waals surface area (Å²) < 4.78 is 53.6. The number of nitrogens with zero attached hydrogens (tertiary/aromatic N) is 5. The van der Waals surface area contributed by atoms with Crippen molar-refractivity contribution in [3.05, 3.63) is 40.5 Å². The van der Waals surface area contributed by atoms with Crippen LogP contribution >= 0.6 is 35.0 Å². The molecule has 1 amide bonds. The molecule has 434 valence electrons. The van der Waals surface area contributed by atoms with Crippen molar-refractivity contribution in [3.8, 4) is 0 Å². The fourth-order valence-electron chi connectivity index (χ4n) is 12.3. The van der Waals surface area contributed by atoms with Gasteiger partial charge in [-0.15, -0.1) is 11.8 Å². The van der Waals surface area contributed by atoms with Gasteiger partial charge in [0.25, 0.3) is 5.91 Å². The lowest BCUT2D eigenvalue weighted by molar-refractivity contribution is -0.319. The predicted molar refractivity (Wildman–Crippen MR) is 293 cm³/mol. The second kappa shape index (κ2) is 24.7. The molecular weight excluding hydrogens is 1070 g/mol. The first kappa shape index (κ1) is 61.8. The van der Waals surface area contributed by atoms with Gasteiger partial charge >= 0.3 is 11.9 Å². The van der Waals surface area contributed by atoms with Crippen LogP contribution in [-0.4, -0.2) is 176 Å². The van der Waals surface area contributed by atoms with E-state index in [1.807, 2.05) is 53.6 Å². The van der Waals surface area contributed by atoms with Crippen LogP contribution in [0.1, 0.15) is 105 Å². The molecule has 0 saturated carbocycles. The number of amides is 1. The standard InChI is InChI=1S/C54H79Cl2N7O14S/c1-15-35-54(10)37(44(50(69)77-54)78-17-16-63-24-60-39-40(63)31(21-59-47(39)57)48(67)61-38-32(55)22-58-23-33(38)56)27(4)41(64)25(2)19-53(9,71-14)46(76-51-42(65)34(62(11)12)18-26(3)72-51)28(5)43(29(6)49(68)74-35)75-36-20-52(8,70-13)45(66)30(7)73-36/h21-30,34-37,42-46,51,65-66H,15-20H2,1-14H3,(H2,57,59)(H,58,61,67)/t25-,26?,27?,28+,29?,30?,34?,35-,36?,37?,42-,43+,44?,45+,46-,51+,52?,53?,54-/m1/s1. The molecule has 0 radical (unpaired) electrons. The Balaban J connectivity index is 1.25. The Morgan fingerprint density at radius 2 is 1.60 bits per heavy atom. The third-order valence-electron chi connectivity index (χ3n) is 16.9. The summed E-state index contributed by atoms with van der Waals surface area (Å²) in [7, 11) is 6.78. The first-order chi connectivity index (χ1) is 36.6. The molecule has 3 aromatic rings. The molecule has 4 saturated heterocycles. The Kier molecular flexibility index (Phi) is 19.6. The minimum Gasteiger partial charge on any atom is -0.458 e. The van der Waals surface area contributed by atoms with Gasteiger partial charge < -0.3 is 68.6 Å². The van der Waals surface area contributed by atoms with Crippen molar-refractivity contribution in [2.45, 2.75) is 185 Å². The number of imidazole rings is 1. The van der Waals surface area contributed by atoms with Crippen molar-refractivity contribution in [3.63, 3.8) is 0 Å². The Labute approximate surface area is 470 Å². The van der Waals surface area contributed by atoms with Gasteiger partial charge in [0.2, 0.25) is 0 Å². The number of aromatic nitrogens is 4. The first-order valence-corrected chi connectivity index (χ1v) is 28.5. The fourth-order valence-corrected chi connectivity index (χ4v) is 14.2. The molecule has 0 aromatic carbocycles. The highest BCUT2D eigenvalue weighted by Crippen LogP contribution is 2.50. The van der Waals surface area contributed by atoms with E-state index in [-0.39, 0.29) is 82.1 Å². The molecule has 0 spiro atoms. The zero-order valence-corrected chi connectivity index (χ0v) is 49.4. The minimum atomic E-state index is -1.51. The van der Waals surface area contributed by atoms with Gasteiger partial charge in [-0.05, 0) is 74.9 Å². The number of aliphatic hydroxyl groups is 2. The summed E-state index contributed by atoms with van der Waals surface area (Å²) in [6.45, 7) is 18.1. The van der Waals surface area contributed by atoms with Gasteiger partial charge in [0.05, 0.1) is 74.7 Å². The number of nitrogens with one attached hydrogen (secondary N) is 1. The number of methoxy groups -OCH3 is 2. The van der Waals surface area contributed by atoms with Crippen LogP contribution in [0.4, 0.5) is 11.5 Å². The maximum Gasteiger partial charge on any atom is 0.320 e. The van der Waals surface area contributed by atoms with Crippen molar-refractivity contribution in [2.24, 2.45) is 29.6 Å². The third kappa shape index (κ3) is 12.2. The maximum atomic E-state index is 15.3. The molecule has 24 heteroatoms. The summed E-state index contributed by atoms with van der Waals surface area (Å²) >= 11 is 13.9. The van der Waals surface area contributed by atoms with E-state index in [9.17, 15) is 19.8 Å². The Hall–Kier alpha value is -3.78. The lowest BCUT2D eigenvalue weighted by Gasteiger charge is -2.50. The number of rotatable bonds is 14. The van der Waals surface area contributed by atoms with Crippen LogP contribution in [0.15, 0.2) is 24.9 Å². The zero-order chi connectivity index (χ0) is 57.5. The molecule has 10 unspecified atom stereocenters. The van der Waals surface area contributed by atoms with Crippen LogP contribution in [0, 0.1) is 29.6 Å². The van der Waals surface area contributed by atoms with E-state index < -0.39 is 119 Å². The van der Waals surface area contributed by atoms with Crippen molar-refractivity contribution < 1.29 is 67.3 Å². The molecule has 5 N–H and O–H groups in total. The molecule has 4 aliphatic heterocycles. The van der Waals surface area contributed by atoms with Crippen molar-refractivity contribution >= 4 is 81.1 Å². The molecule has 19 atom stereocenters. The number of aliphatic hydroxyl groups excluding tert-OH is 2. The number of fused-ring (bicyclic) bond motifs is 2. The molecule has 21 nitrogen and oxygen atoms in total. The molecular formula is C54H79Cl2N7O14S. The maximum absolute atomic E-state index is 15.3. The van der Waals surface area contributed by atoms with Gasteiger partial charge in [0.1, 0.15) is 34.9 Å². The fraction of sp³-hybridized carbons (Fsp3) is 0.722. The number of pyridine rings is 2. The van der Waals surface area contributed by atoms with Crippen LogP contribution in [0.3, 0.4) is 0 Å². The highest BCUT2D eigenvalue weighted by molar-refractivity contribution is 8.00. The van der Waals surface area contributed by atoms with Crippen molar-refractivity contribution in [1.82, 2.24) is 24.4 Å². The number of cyclic esters (lactones) is 1. The van der Waals surface area contributed by atoms with Crippen molar-refractivity contribution in [2.75, 3.05) is 45.1 Å². The Morgan fingerprint density at radius 1 is 0.936 bits per heavy atom. The molecule has 7 heterocycles. The molecule has 7 rings (SSSR count). The van der Waals surface area contributed by atoms with E-state index in [4.69, 9.17) is 66.8 Å². The summed E-state index contributed by atoms with van der Waals surface area (Å²) in [6.07, 6.45) is -2.00. The van der Waals surface area contributed by atoms with Gasteiger partial charge in [0.15, 0.2) is 24.0 Å². The summed E-state index contributed by atoms with van der Waals surface area (Å²) in [5.74, 6) is -5.96. The number of thioether (sulfide) groups is 1. The topological polar surface area (TPSA) is 267 Å². The lowest BCUT2D eigenvalue weighted by Crippen LogP contribution is -2.61. The number of ketones is 1. The highest BCUT2D eigenvalue weighted by atomic mass is 35.5. The first-order valence-electron chi connectivity index (χ1n) is 26.7. The number of carbonyl (C=O) groups is 4. The largest absolute Gasteiger partial charge is 0.458 e. The number of nitrogen functional groups attached to an aromatic ring is 1. The monoisotopic (exact) mass is 1150 g/mol. The number of nitrogens with two attached hydrogens (primary N) is 1. The van der Waals surface area contributed by atoms with Crippen LogP contribution in [0.2, 0.25) is 10.0 Å². The van der Waals surface area contributed by atoms with E-state index in [0.717, 1.165) is 0 Å². The number of likely N-dealkylation sites (N-methyl/N-ethyl adjacent to an activating group) is 1. The second-order valence-corrected chi connectivity index (χ2v) is 24.6. The second-order valence-electron chi connectivity index (χ2n) is 22.5. The van der Waals surface area contributed by atoms with Crippen molar-refractivity contribution in [1.29, 1.82) is 0 Å². The van der Waals surface area contributed by atoms with Crippen LogP contribution < -0.4 is 11.1 Å². The Bertz CT molecular complexity index is 2640. The summed E-state index contributed by atoms with van der Waals surface area (Å²) in [5.41, 5.74) is 3.27. The number of Topliss-reactive ketones (excluding diaryl/α,β-unsaturated/α-hetero) is 1. The number of anilines is 2. The summed E-state index contributed by atoms with van der Waals surface area (Å²) in [5, 5.41) is 25.1. The molecule has 4 aliphatic rings. The number of halogens is 2. The normalized spacial score (nSPS) is 38.2. The number of ether oxygens (including phenoxy) is 8. The highest BCUT2D eigenvalue weighted by Gasteiger charge is 2.62. The average molecular weight is 1150 g/mol. The quantitative estimate of drug-likeness (QED) is 0.128. The number of esters is 2. The van der Waals surface area contributed by atoms with Crippen LogP contribution in [0.5, 0.6) is 0 Å². The summed E-state index contributed by atoms with van der Waals surface area (Å²) in [6, 6.07) is -0.334. The van der Waals surface area contributed by atoms with E-state index >= 15 is 9.59 Å². The van der Waals surface area contributed by atoms with Gasteiger partial charge in [-0.1, -0.05) is 50.9 Å². The van der Waals surface area contributed by atoms with E-state index in [1.54, 1.807) is 39.2 Å². The van der Waals surface area contributed by atoms with Gasteiger partial charge in [-0.3, -0.25) is 24.2 Å². The number of hydrogen-bond donors (Lipinski definition) is 4. The smallest absolute Gasteiger partial charge is 0.320 e. The molecule has 4 fully saturated rings. The van der Waals surface area contributed by atoms with Gasteiger partial charge in [-0.25, -0.2) is 9.97 Å². The number of carbonyl (C=O) groups excluding carboxylic acids is 4. The number of hydrogen-bond acceptors (Lipinski definition) is 20. The molecule has 3 aromatic heterocycles. The Morgan fingerprint density at radius 3 is 2.23 bits per heavy atom. The van der Waals surface area contributed by atoms with E-state index in [1.165, 1.54) is 50.9 Å². The zero-order valence-electron chi connectivity index (χ0n) is 47.1. The molecule has 78 heavy (non-hydrogen) atoms. The molecule has 0 bridgehead atoms. The minimum absolute atomic E-state index is 0.0854. The van der Waals surface area contributed by atoms with Crippen LogP contribution in [0.25, 0.3) is 11.0 Å².